The highest BCUT2D eigenvalue weighted by Crippen LogP contribution is 2.27. The zero-order valence-corrected chi connectivity index (χ0v) is 15.5. The number of nitro groups is 1. The number of benzene rings is 2. The van der Waals surface area contributed by atoms with E-state index in [4.69, 9.17) is 5.73 Å². The monoisotopic (exact) mass is 399 g/mol. The molecule has 0 bridgehead atoms. The summed E-state index contributed by atoms with van der Waals surface area (Å²) in [5.74, 6) is -0.519. The van der Waals surface area contributed by atoms with Crippen molar-refractivity contribution in [1.82, 2.24) is 14.8 Å². The van der Waals surface area contributed by atoms with Crippen molar-refractivity contribution in [3.63, 3.8) is 0 Å². The van der Waals surface area contributed by atoms with Gasteiger partial charge in [-0.1, -0.05) is 48.2 Å². The number of primary amides is 1. The number of nitro benzene ring substituents is 1. The molecule has 0 atom stereocenters. The van der Waals surface area contributed by atoms with E-state index in [0.717, 1.165) is 11.6 Å². The second-order valence-corrected chi connectivity index (χ2v) is 6.89. The van der Waals surface area contributed by atoms with Crippen LogP contribution in [-0.4, -0.2) is 25.6 Å². The molecule has 0 radical (unpaired) electrons. The maximum Gasteiger partial charge on any atom is 0.343 e. The largest absolute Gasteiger partial charge is 0.366 e. The number of aromatic nitrogens is 3. The van der Waals surface area contributed by atoms with Crippen molar-refractivity contribution in [3.05, 3.63) is 85.8 Å². The highest BCUT2D eigenvalue weighted by molar-refractivity contribution is 7.98. The number of hydrogen-bond donors (Lipinski definition) is 2. The third kappa shape index (κ3) is 4.46. The van der Waals surface area contributed by atoms with Crippen molar-refractivity contribution in [1.29, 1.82) is 0 Å². The maximum atomic E-state index is 12.0. The van der Waals surface area contributed by atoms with Gasteiger partial charge in [-0.15, -0.1) is 5.10 Å². The molecule has 3 aromatic rings. The average Bonchev–Trinajstić information content (AvgIpc) is 3.04. The van der Waals surface area contributed by atoms with E-state index in [2.05, 4.69) is 10.2 Å². The minimum absolute atomic E-state index is 0.0694. The number of thioether (sulfide) groups is 1. The lowest BCUT2D eigenvalue weighted by molar-refractivity contribution is -0.385. The number of aryl methyl sites for hydroxylation is 1. The fourth-order valence-corrected chi connectivity index (χ4v) is 3.62. The van der Waals surface area contributed by atoms with E-state index < -0.39 is 10.8 Å². The third-order valence-electron chi connectivity index (χ3n) is 4.11. The van der Waals surface area contributed by atoms with Gasteiger partial charge in [-0.2, -0.15) is 0 Å². The molecule has 1 amide bonds. The molecule has 9 nitrogen and oxygen atoms in total. The highest BCUT2D eigenvalue weighted by Gasteiger charge is 2.18. The van der Waals surface area contributed by atoms with E-state index in [9.17, 15) is 19.7 Å². The molecule has 0 spiro atoms. The second-order valence-electron chi connectivity index (χ2n) is 5.95. The minimum Gasteiger partial charge on any atom is -0.366 e. The molecule has 3 rings (SSSR count). The first-order valence-corrected chi connectivity index (χ1v) is 9.33. The molecule has 1 heterocycles. The number of amides is 1. The van der Waals surface area contributed by atoms with Crippen LogP contribution >= 0.6 is 11.8 Å². The predicted molar refractivity (Wildman–Crippen MR) is 104 cm³/mol. The average molecular weight is 399 g/mol. The number of nitrogens with two attached hydrogens (primary N) is 1. The highest BCUT2D eigenvalue weighted by atomic mass is 32.2. The predicted octanol–water partition coefficient (Wildman–Crippen LogP) is 2.11. The van der Waals surface area contributed by atoms with E-state index in [0.29, 0.717) is 23.7 Å². The van der Waals surface area contributed by atoms with Crippen LogP contribution in [0.2, 0.25) is 0 Å². The zero-order valence-electron chi connectivity index (χ0n) is 14.7. The van der Waals surface area contributed by atoms with Crippen LogP contribution in [0.25, 0.3) is 0 Å². The van der Waals surface area contributed by atoms with Gasteiger partial charge in [0, 0.05) is 29.5 Å². The first-order valence-electron chi connectivity index (χ1n) is 8.34. The van der Waals surface area contributed by atoms with Gasteiger partial charge in [0.25, 0.3) is 5.69 Å². The summed E-state index contributed by atoms with van der Waals surface area (Å²) in [6.45, 7) is 0.435. The van der Waals surface area contributed by atoms with E-state index in [1.165, 1.54) is 28.5 Å². The summed E-state index contributed by atoms with van der Waals surface area (Å²) in [6.07, 6.45) is 0.654. The summed E-state index contributed by atoms with van der Waals surface area (Å²) < 4.78 is 1.50. The van der Waals surface area contributed by atoms with Gasteiger partial charge in [-0.3, -0.25) is 19.5 Å². The molecule has 0 aliphatic carbocycles. The Morgan fingerprint density at radius 2 is 2.00 bits per heavy atom. The number of aromatic amines is 1. The summed E-state index contributed by atoms with van der Waals surface area (Å²) >= 11 is 1.20. The smallest absolute Gasteiger partial charge is 0.343 e. The van der Waals surface area contributed by atoms with E-state index >= 15 is 0 Å². The molecule has 0 unspecified atom stereocenters. The maximum absolute atomic E-state index is 12.0. The summed E-state index contributed by atoms with van der Waals surface area (Å²) in [6, 6.07) is 13.8. The van der Waals surface area contributed by atoms with Gasteiger partial charge in [-0.05, 0) is 18.1 Å². The molecular formula is C18H17N5O4S. The zero-order chi connectivity index (χ0) is 20.1. The first-order chi connectivity index (χ1) is 13.5. The van der Waals surface area contributed by atoms with Gasteiger partial charge in [0.15, 0.2) is 5.16 Å². The van der Waals surface area contributed by atoms with Crippen LogP contribution in [-0.2, 0) is 18.7 Å². The van der Waals surface area contributed by atoms with Crippen LogP contribution < -0.4 is 11.4 Å². The third-order valence-corrected chi connectivity index (χ3v) is 5.14. The SMILES string of the molecule is NC(=O)c1ccc(CSc2n[nH]c(=O)n2CCc2ccccc2)c([N+](=O)[O-])c1. The molecule has 0 saturated heterocycles. The molecular weight excluding hydrogens is 382 g/mol. The molecule has 2 aromatic carbocycles. The Hall–Kier alpha value is -3.40. The lowest BCUT2D eigenvalue weighted by Crippen LogP contribution is -2.18. The van der Waals surface area contributed by atoms with Gasteiger partial charge in [0.2, 0.25) is 5.91 Å². The number of rotatable bonds is 8. The van der Waals surface area contributed by atoms with Gasteiger partial charge in [0.05, 0.1) is 4.92 Å². The Balaban J connectivity index is 1.76. The van der Waals surface area contributed by atoms with E-state index in [-0.39, 0.29) is 22.7 Å². The number of H-pyrrole nitrogens is 1. The van der Waals surface area contributed by atoms with Crippen LogP contribution in [0.3, 0.4) is 0 Å². The van der Waals surface area contributed by atoms with Gasteiger partial charge in [0.1, 0.15) is 0 Å². The summed E-state index contributed by atoms with van der Waals surface area (Å²) in [7, 11) is 0. The molecule has 0 aliphatic heterocycles. The molecule has 0 aliphatic rings. The number of carbonyl (C=O) groups excluding carboxylic acids is 1. The van der Waals surface area contributed by atoms with Crippen molar-refractivity contribution in [2.75, 3.05) is 0 Å². The Morgan fingerprint density at radius 1 is 1.25 bits per heavy atom. The first kappa shape index (κ1) is 19.4. The molecule has 3 N–H and O–H groups in total. The van der Waals surface area contributed by atoms with E-state index in [1.54, 1.807) is 0 Å². The van der Waals surface area contributed by atoms with Crippen LogP contribution in [0.15, 0.2) is 58.5 Å². The second kappa shape index (κ2) is 8.53. The van der Waals surface area contributed by atoms with Gasteiger partial charge >= 0.3 is 5.69 Å². The Kier molecular flexibility index (Phi) is 5.90. The summed E-state index contributed by atoms with van der Waals surface area (Å²) in [5, 5.41) is 18.2. The van der Waals surface area contributed by atoms with Crippen molar-refractivity contribution >= 4 is 23.4 Å². The van der Waals surface area contributed by atoms with Crippen molar-refractivity contribution < 1.29 is 9.72 Å². The van der Waals surface area contributed by atoms with Crippen LogP contribution in [0, 0.1) is 10.1 Å². The lowest BCUT2D eigenvalue weighted by atomic mass is 10.1. The fourth-order valence-electron chi connectivity index (χ4n) is 2.65. The molecule has 0 saturated carbocycles. The fraction of sp³-hybridized carbons (Fsp3) is 0.167. The molecule has 0 fully saturated rings. The Morgan fingerprint density at radius 3 is 2.68 bits per heavy atom. The number of nitrogens with zero attached hydrogens (tertiary/aromatic N) is 3. The Bertz CT molecular complexity index is 1060. The van der Waals surface area contributed by atoms with Crippen LogP contribution in [0.4, 0.5) is 5.69 Å². The molecule has 28 heavy (non-hydrogen) atoms. The van der Waals surface area contributed by atoms with Gasteiger partial charge in [-0.25, -0.2) is 9.89 Å². The van der Waals surface area contributed by atoms with Crippen molar-refractivity contribution in [2.45, 2.75) is 23.9 Å². The molecule has 144 valence electrons. The van der Waals surface area contributed by atoms with Crippen LogP contribution in [0.1, 0.15) is 21.5 Å². The van der Waals surface area contributed by atoms with E-state index in [1.807, 2.05) is 30.3 Å². The molecule has 1 aromatic heterocycles. The molecule has 10 heteroatoms. The summed E-state index contributed by atoms with van der Waals surface area (Å²) in [5.41, 5.74) is 6.21. The lowest BCUT2D eigenvalue weighted by Gasteiger charge is -2.07. The summed E-state index contributed by atoms with van der Waals surface area (Å²) in [4.78, 5) is 34.0. The normalized spacial score (nSPS) is 10.7. The van der Waals surface area contributed by atoms with Crippen molar-refractivity contribution in [2.24, 2.45) is 5.73 Å². The van der Waals surface area contributed by atoms with Crippen LogP contribution in [0.5, 0.6) is 0 Å². The number of carbonyl (C=O) groups is 1. The quantitative estimate of drug-likeness (QED) is 0.338. The van der Waals surface area contributed by atoms with Crippen molar-refractivity contribution in [3.8, 4) is 0 Å². The minimum atomic E-state index is -0.732. The number of hydrogen-bond acceptors (Lipinski definition) is 6. The standard InChI is InChI=1S/C18H17N5O4S/c19-16(24)13-6-7-14(15(10-13)23(26)27)11-28-18-21-20-17(25)22(18)9-8-12-4-2-1-3-5-12/h1-7,10H,8-9,11H2,(H2,19,24)(H,20,25). The Labute approximate surface area is 163 Å². The van der Waals surface area contributed by atoms with Gasteiger partial charge < -0.3 is 5.73 Å². The topological polar surface area (TPSA) is 137 Å². The number of nitrogens with one attached hydrogen (secondary N) is 1.